The van der Waals surface area contributed by atoms with Crippen molar-refractivity contribution in [2.75, 3.05) is 11.5 Å². The Balaban J connectivity index is 2.32. The number of thioether (sulfide) groups is 2. The fourth-order valence-electron chi connectivity index (χ4n) is 1.94. The summed E-state index contributed by atoms with van der Waals surface area (Å²) in [5.41, 5.74) is 0. The van der Waals surface area contributed by atoms with Crippen LogP contribution in [0, 0.1) is 0 Å². The molecule has 1 aliphatic heterocycles. The second-order valence-electron chi connectivity index (χ2n) is 3.66. The summed E-state index contributed by atoms with van der Waals surface area (Å²) in [6, 6.07) is 13.3. The Bertz CT molecular complexity index is 450. The van der Waals surface area contributed by atoms with Crippen molar-refractivity contribution in [2.24, 2.45) is 0 Å². The number of rotatable bonds is 0. The second-order valence-corrected chi connectivity index (χ2v) is 5.93. The van der Waals surface area contributed by atoms with Gasteiger partial charge in [0.05, 0.1) is 0 Å². The molecule has 0 N–H and O–H groups in total. The summed E-state index contributed by atoms with van der Waals surface area (Å²) in [7, 11) is 0. The predicted molar refractivity (Wildman–Crippen MR) is 70.0 cm³/mol. The Hall–Kier alpha value is -0.600. The van der Waals surface area contributed by atoms with E-state index >= 15 is 0 Å². The fraction of sp³-hybridized carbons (Fsp3) is 0.231. The van der Waals surface area contributed by atoms with Gasteiger partial charge in [-0.2, -0.15) is 0 Å². The number of hydrogen-bond acceptors (Lipinski definition) is 2. The summed E-state index contributed by atoms with van der Waals surface area (Å²) in [5, 5.41) is 2.85. The van der Waals surface area contributed by atoms with E-state index in [-0.39, 0.29) is 0 Å². The van der Waals surface area contributed by atoms with E-state index < -0.39 is 0 Å². The molecule has 0 saturated heterocycles. The Morgan fingerprint density at radius 2 is 1.40 bits per heavy atom. The molecule has 0 spiro atoms. The quantitative estimate of drug-likeness (QED) is 0.659. The molecule has 2 aromatic carbocycles. The Kier molecular flexibility index (Phi) is 2.63. The van der Waals surface area contributed by atoms with E-state index in [0.29, 0.717) is 0 Å². The van der Waals surface area contributed by atoms with Gasteiger partial charge in [-0.25, -0.2) is 0 Å². The van der Waals surface area contributed by atoms with Crippen LogP contribution in [0.2, 0.25) is 0 Å². The lowest BCUT2D eigenvalue weighted by molar-refractivity contribution is 1.12. The molecule has 0 atom stereocenters. The maximum Gasteiger partial charge on any atom is 0.0162 e. The van der Waals surface area contributed by atoms with Gasteiger partial charge in [0.2, 0.25) is 0 Å². The molecule has 0 amide bonds. The van der Waals surface area contributed by atoms with Gasteiger partial charge in [-0.15, -0.1) is 23.5 Å². The third-order valence-electron chi connectivity index (χ3n) is 2.63. The van der Waals surface area contributed by atoms with Crippen LogP contribution in [-0.2, 0) is 0 Å². The van der Waals surface area contributed by atoms with Crippen molar-refractivity contribution in [1.82, 2.24) is 0 Å². The van der Waals surface area contributed by atoms with Crippen LogP contribution in [0.25, 0.3) is 10.8 Å². The van der Waals surface area contributed by atoms with Gasteiger partial charge in [0.25, 0.3) is 0 Å². The van der Waals surface area contributed by atoms with E-state index in [9.17, 15) is 0 Å². The first-order valence-corrected chi connectivity index (χ1v) is 7.19. The highest BCUT2D eigenvalue weighted by atomic mass is 32.2. The average molecular weight is 232 g/mol. The summed E-state index contributed by atoms with van der Waals surface area (Å²) in [4.78, 5) is 2.91. The third-order valence-corrected chi connectivity index (χ3v) is 4.92. The van der Waals surface area contributed by atoms with Crippen LogP contribution < -0.4 is 0 Å². The van der Waals surface area contributed by atoms with E-state index in [2.05, 4.69) is 36.4 Å². The van der Waals surface area contributed by atoms with Gasteiger partial charge in [-0.05, 0) is 35.4 Å². The van der Waals surface area contributed by atoms with Crippen LogP contribution in [0.15, 0.2) is 46.2 Å². The fourth-order valence-corrected chi connectivity index (χ4v) is 4.30. The van der Waals surface area contributed by atoms with Gasteiger partial charge in [0.15, 0.2) is 0 Å². The minimum Gasteiger partial charge on any atom is -0.125 e. The Morgan fingerprint density at radius 3 is 2.00 bits per heavy atom. The number of hydrogen-bond donors (Lipinski definition) is 0. The molecule has 0 unspecified atom stereocenters. The highest BCUT2D eigenvalue weighted by Crippen LogP contribution is 2.38. The largest absolute Gasteiger partial charge is 0.125 e. The van der Waals surface area contributed by atoms with Crippen LogP contribution in [0.3, 0.4) is 0 Å². The third kappa shape index (κ3) is 1.77. The van der Waals surface area contributed by atoms with Gasteiger partial charge in [-0.3, -0.25) is 0 Å². The van der Waals surface area contributed by atoms with E-state index in [1.165, 1.54) is 38.5 Å². The van der Waals surface area contributed by atoms with Crippen LogP contribution in [0.1, 0.15) is 6.42 Å². The van der Waals surface area contributed by atoms with Crippen molar-refractivity contribution in [3.8, 4) is 0 Å². The molecule has 0 radical (unpaired) electrons. The highest BCUT2D eigenvalue weighted by molar-refractivity contribution is 8.01. The summed E-state index contributed by atoms with van der Waals surface area (Å²) in [6.07, 6.45) is 1.31. The molecular weight excluding hydrogens is 220 g/mol. The molecular formula is C13H12S2. The standard InChI is InChI=1S/C13H12S2/c1-4-10-5-2-7-12-13(10)11(6-1)14-8-3-9-15-12/h1-2,4-7H,3,8-9H2. The first-order valence-electron chi connectivity index (χ1n) is 5.22. The molecule has 0 nitrogen and oxygen atoms in total. The van der Waals surface area contributed by atoms with Crippen molar-refractivity contribution in [3.05, 3.63) is 36.4 Å². The molecule has 1 heterocycles. The van der Waals surface area contributed by atoms with Gasteiger partial charge >= 0.3 is 0 Å². The first-order chi connectivity index (χ1) is 7.45. The SMILES string of the molecule is c1cc2c3c(cccc3c1)SCCCS2. The van der Waals surface area contributed by atoms with Crippen LogP contribution in [-0.4, -0.2) is 11.5 Å². The summed E-state index contributed by atoms with van der Waals surface area (Å²) in [6.45, 7) is 0. The molecule has 0 aromatic heterocycles. The van der Waals surface area contributed by atoms with Crippen molar-refractivity contribution >= 4 is 34.3 Å². The molecule has 2 heteroatoms. The molecule has 76 valence electrons. The second kappa shape index (κ2) is 4.11. The van der Waals surface area contributed by atoms with Crippen molar-refractivity contribution in [1.29, 1.82) is 0 Å². The van der Waals surface area contributed by atoms with Gasteiger partial charge in [0.1, 0.15) is 0 Å². The Labute approximate surface area is 98.4 Å². The predicted octanol–water partition coefficient (Wildman–Crippen LogP) is 4.43. The molecule has 0 fully saturated rings. The zero-order valence-corrected chi connectivity index (χ0v) is 10.0. The van der Waals surface area contributed by atoms with Crippen LogP contribution in [0.5, 0.6) is 0 Å². The van der Waals surface area contributed by atoms with Crippen LogP contribution in [0.4, 0.5) is 0 Å². The van der Waals surface area contributed by atoms with Gasteiger partial charge < -0.3 is 0 Å². The zero-order chi connectivity index (χ0) is 10.1. The minimum atomic E-state index is 1.25. The summed E-state index contributed by atoms with van der Waals surface area (Å²) < 4.78 is 0. The first kappa shape index (κ1) is 9.61. The molecule has 0 saturated carbocycles. The highest BCUT2D eigenvalue weighted by Gasteiger charge is 2.09. The summed E-state index contributed by atoms with van der Waals surface area (Å²) >= 11 is 4.00. The maximum absolute atomic E-state index is 2.25. The minimum absolute atomic E-state index is 1.25. The maximum atomic E-state index is 2.25. The monoisotopic (exact) mass is 232 g/mol. The normalized spacial score (nSPS) is 16.0. The van der Waals surface area contributed by atoms with E-state index in [4.69, 9.17) is 0 Å². The summed E-state index contributed by atoms with van der Waals surface area (Å²) in [5.74, 6) is 2.50. The van der Waals surface area contributed by atoms with Crippen molar-refractivity contribution in [3.63, 3.8) is 0 Å². The van der Waals surface area contributed by atoms with Gasteiger partial charge in [-0.1, -0.05) is 24.3 Å². The van der Waals surface area contributed by atoms with Gasteiger partial charge in [0, 0.05) is 15.2 Å². The van der Waals surface area contributed by atoms with E-state index in [1.807, 2.05) is 23.5 Å². The van der Waals surface area contributed by atoms with Crippen LogP contribution >= 0.6 is 23.5 Å². The number of benzene rings is 2. The van der Waals surface area contributed by atoms with Crippen molar-refractivity contribution < 1.29 is 0 Å². The smallest absolute Gasteiger partial charge is 0.0162 e. The average Bonchev–Trinajstić information content (AvgIpc) is 2.25. The van der Waals surface area contributed by atoms with E-state index in [1.54, 1.807) is 0 Å². The lowest BCUT2D eigenvalue weighted by atomic mass is 10.1. The molecule has 1 aliphatic rings. The molecule has 0 aliphatic carbocycles. The molecule has 3 rings (SSSR count). The van der Waals surface area contributed by atoms with Crippen molar-refractivity contribution in [2.45, 2.75) is 16.2 Å². The lowest BCUT2D eigenvalue weighted by Gasteiger charge is -2.14. The molecule has 2 aromatic rings. The molecule has 0 bridgehead atoms. The Morgan fingerprint density at radius 1 is 0.800 bits per heavy atom. The van der Waals surface area contributed by atoms with E-state index in [0.717, 1.165) is 0 Å². The molecule has 15 heavy (non-hydrogen) atoms. The lowest BCUT2D eigenvalue weighted by Crippen LogP contribution is -1.91. The zero-order valence-electron chi connectivity index (χ0n) is 8.40. The topological polar surface area (TPSA) is 0 Å².